The van der Waals surface area contributed by atoms with Crippen LogP contribution in [0.4, 0.5) is 0 Å². The van der Waals surface area contributed by atoms with Crippen molar-refractivity contribution in [2.24, 2.45) is 0 Å². The van der Waals surface area contributed by atoms with E-state index in [1.54, 1.807) is 47.3 Å². The van der Waals surface area contributed by atoms with Crippen LogP contribution in [0.5, 0.6) is 5.75 Å². The average Bonchev–Trinajstić information content (AvgIpc) is 3.01. The predicted octanol–water partition coefficient (Wildman–Crippen LogP) is 3.97. The van der Waals surface area contributed by atoms with Crippen molar-refractivity contribution < 1.29 is 19.1 Å². The molecule has 0 aliphatic heterocycles. The molecule has 3 rings (SSSR count). The third-order valence-electron chi connectivity index (χ3n) is 4.52. The Morgan fingerprint density at radius 3 is 2.52 bits per heavy atom. The van der Waals surface area contributed by atoms with Gasteiger partial charge in [0, 0.05) is 18.3 Å². The quantitative estimate of drug-likeness (QED) is 0.411. The number of carbonyl (C=O) groups excluding carboxylic acids is 2. The summed E-state index contributed by atoms with van der Waals surface area (Å²) in [7, 11) is 1.38. The number of hydrogen-bond acceptors (Lipinski definition) is 6. The standard InChI is InChI=1S/C21H20BrN3O4/c1-13-17(10-11-19(26)28-3)14(2)25(24-13)16-8-6-15(7-9-16)21(27)29-18-5-4-12-23-20(18)22/h4-9,12H,10-11H2,1-3H3. The summed E-state index contributed by atoms with van der Waals surface area (Å²) in [6, 6.07) is 10.3. The fourth-order valence-corrected chi connectivity index (χ4v) is 3.29. The molecule has 0 aliphatic rings. The number of carbonyl (C=O) groups is 2. The van der Waals surface area contributed by atoms with Gasteiger partial charge in [-0.3, -0.25) is 4.79 Å². The van der Waals surface area contributed by atoms with Crippen LogP contribution in [-0.2, 0) is 16.0 Å². The summed E-state index contributed by atoms with van der Waals surface area (Å²) in [6.07, 6.45) is 2.47. The number of pyridine rings is 1. The van der Waals surface area contributed by atoms with Crippen molar-refractivity contribution in [1.82, 2.24) is 14.8 Å². The summed E-state index contributed by atoms with van der Waals surface area (Å²) >= 11 is 3.25. The minimum absolute atomic E-state index is 0.250. The maximum atomic E-state index is 12.4. The highest BCUT2D eigenvalue weighted by atomic mass is 79.9. The summed E-state index contributed by atoms with van der Waals surface area (Å²) in [5.74, 6) is -0.368. The number of rotatable bonds is 6. The van der Waals surface area contributed by atoms with Gasteiger partial charge in [0.05, 0.1) is 24.1 Å². The predicted molar refractivity (Wildman–Crippen MR) is 110 cm³/mol. The topological polar surface area (TPSA) is 83.3 Å². The van der Waals surface area contributed by atoms with Crippen LogP contribution in [0.3, 0.4) is 0 Å². The summed E-state index contributed by atoms with van der Waals surface area (Å²) in [4.78, 5) is 27.8. The maximum absolute atomic E-state index is 12.4. The zero-order valence-electron chi connectivity index (χ0n) is 16.3. The van der Waals surface area contributed by atoms with Gasteiger partial charge in [-0.2, -0.15) is 5.10 Å². The third kappa shape index (κ3) is 4.71. The zero-order chi connectivity index (χ0) is 21.0. The number of benzene rings is 1. The minimum Gasteiger partial charge on any atom is -0.469 e. The molecule has 0 saturated carbocycles. The van der Waals surface area contributed by atoms with Crippen molar-refractivity contribution in [3.05, 3.63) is 69.7 Å². The third-order valence-corrected chi connectivity index (χ3v) is 5.12. The lowest BCUT2D eigenvalue weighted by atomic mass is 10.1. The number of halogens is 1. The highest BCUT2D eigenvalue weighted by Crippen LogP contribution is 2.23. The van der Waals surface area contributed by atoms with Crippen molar-refractivity contribution in [3.63, 3.8) is 0 Å². The second-order valence-electron chi connectivity index (χ2n) is 6.37. The van der Waals surface area contributed by atoms with Gasteiger partial charge in [0.2, 0.25) is 0 Å². The van der Waals surface area contributed by atoms with Crippen LogP contribution in [0.1, 0.15) is 33.7 Å². The molecular formula is C21H20BrN3O4. The van der Waals surface area contributed by atoms with Gasteiger partial charge in [0.1, 0.15) is 4.60 Å². The van der Waals surface area contributed by atoms with Crippen LogP contribution in [0.2, 0.25) is 0 Å². The van der Waals surface area contributed by atoms with Gasteiger partial charge in [-0.05, 0) is 78.2 Å². The lowest BCUT2D eigenvalue weighted by molar-refractivity contribution is -0.140. The second-order valence-corrected chi connectivity index (χ2v) is 7.12. The van der Waals surface area contributed by atoms with Gasteiger partial charge in [-0.1, -0.05) is 0 Å². The molecule has 150 valence electrons. The molecular weight excluding hydrogens is 438 g/mol. The number of hydrogen-bond donors (Lipinski definition) is 0. The molecule has 0 bridgehead atoms. The average molecular weight is 458 g/mol. The van der Waals surface area contributed by atoms with Gasteiger partial charge < -0.3 is 9.47 Å². The summed E-state index contributed by atoms with van der Waals surface area (Å²) in [5.41, 5.74) is 4.05. The van der Waals surface area contributed by atoms with Gasteiger partial charge in [0.15, 0.2) is 5.75 Å². The van der Waals surface area contributed by atoms with E-state index in [-0.39, 0.29) is 5.97 Å². The molecule has 7 nitrogen and oxygen atoms in total. The van der Waals surface area contributed by atoms with Gasteiger partial charge in [-0.25, -0.2) is 14.5 Å². The van der Waals surface area contributed by atoms with Crippen LogP contribution < -0.4 is 4.74 Å². The van der Waals surface area contributed by atoms with Crippen LogP contribution in [0.25, 0.3) is 5.69 Å². The summed E-state index contributed by atoms with van der Waals surface area (Å²) in [6.45, 7) is 3.86. The molecule has 0 aliphatic carbocycles. The maximum Gasteiger partial charge on any atom is 0.343 e. The first kappa shape index (κ1) is 20.7. The van der Waals surface area contributed by atoms with E-state index in [2.05, 4.69) is 26.0 Å². The molecule has 2 aromatic heterocycles. The summed E-state index contributed by atoms with van der Waals surface area (Å²) in [5, 5.41) is 4.57. The molecule has 0 N–H and O–H groups in total. The Labute approximate surface area is 176 Å². The number of aryl methyl sites for hydroxylation is 1. The van der Waals surface area contributed by atoms with E-state index in [0.29, 0.717) is 28.8 Å². The molecule has 0 fully saturated rings. The smallest absolute Gasteiger partial charge is 0.343 e. The lowest BCUT2D eigenvalue weighted by Crippen LogP contribution is -2.09. The Morgan fingerprint density at radius 2 is 1.86 bits per heavy atom. The number of nitrogens with zero attached hydrogens (tertiary/aromatic N) is 3. The Bertz CT molecular complexity index is 1040. The largest absolute Gasteiger partial charge is 0.469 e. The number of methoxy groups -OCH3 is 1. The van der Waals surface area contributed by atoms with E-state index >= 15 is 0 Å². The van der Waals surface area contributed by atoms with Crippen molar-refractivity contribution in [2.75, 3.05) is 7.11 Å². The second kappa shape index (κ2) is 9.00. The van der Waals surface area contributed by atoms with Gasteiger partial charge in [-0.15, -0.1) is 0 Å². The van der Waals surface area contributed by atoms with E-state index in [1.807, 2.05) is 13.8 Å². The molecule has 0 atom stereocenters. The summed E-state index contributed by atoms with van der Waals surface area (Å²) < 4.78 is 12.4. The van der Waals surface area contributed by atoms with Gasteiger partial charge in [0.25, 0.3) is 0 Å². The van der Waals surface area contributed by atoms with Crippen LogP contribution in [0.15, 0.2) is 47.2 Å². The Kier molecular flexibility index (Phi) is 6.43. The number of esters is 2. The Balaban J connectivity index is 1.77. The molecule has 8 heteroatoms. The molecule has 0 amide bonds. The SMILES string of the molecule is COC(=O)CCc1c(C)nn(-c2ccc(C(=O)Oc3cccnc3Br)cc2)c1C. The first-order chi connectivity index (χ1) is 13.9. The van der Waals surface area contributed by atoms with Crippen molar-refractivity contribution in [2.45, 2.75) is 26.7 Å². The fourth-order valence-electron chi connectivity index (χ4n) is 2.96. The van der Waals surface area contributed by atoms with E-state index in [4.69, 9.17) is 9.47 Å². The first-order valence-electron chi connectivity index (χ1n) is 8.95. The highest BCUT2D eigenvalue weighted by molar-refractivity contribution is 9.10. The minimum atomic E-state index is -0.475. The number of aromatic nitrogens is 3. The normalized spacial score (nSPS) is 10.6. The van der Waals surface area contributed by atoms with Crippen LogP contribution in [-0.4, -0.2) is 33.8 Å². The molecule has 0 radical (unpaired) electrons. The van der Waals surface area contributed by atoms with E-state index in [9.17, 15) is 9.59 Å². The van der Waals surface area contributed by atoms with Crippen molar-refractivity contribution in [3.8, 4) is 11.4 Å². The van der Waals surface area contributed by atoms with Crippen LogP contribution >= 0.6 is 15.9 Å². The number of ether oxygens (including phenoxy) is 2. The lowest BCUT2D eigenvalue weighted by Gasteiger charge is -2.08. The fraction of sp³-hybridized carbons (Fsp3) is 0.238. The first-order valence-corrected chi connectivity index (χ1v) is 9.75. The van der Waals surface area contributed by atoms with E-state index in [1.165, 1.54) is 7.11 Å². The molecule has 1 aromatic carbocycles. The van der Waals surface area contributed by atoms with Crippen molar-refractivity contribution in [1.29, 1.82) is 0 Å². The monoisotopic (exact) mass is 457 g/mol. The molecule has 2 heterocycles. The Hall–Kier alpha value is -3.00. The molecule has 29 heavy (non-hydrogen) atoms. The zero-order valence-corrected chi connectivity index (χ0v) is 17.9. The molecule has 0 unspecified atom stereocenters. The van der Waals surface area contributed by atoms with Crippen LogP contribution in [0, 0.1) is 13.8 Å². The van der Waals surface area contributed by atoms with E-state index < -0.39 is 5.97 Å². The van der Waals surface area contributed by atoms with E-state index in [0.717, 1.165) is 22.6 Å². The highest BCUT2D eigenvalue weighted by Gasteiger charge is 2.16. The molecule has 0 spiro atoms. The molecule has 3 aromatic rings. The van der Waals surface area contributed by atoms with Crippen molar-refractivity contribution >= 4 is 27.9 Å². The van der Waals surface area contributed by atoms with Gasteiger partial charge >= 0.3 is 11.9 Å². The molecule has 0 saturated heterocycles. The Morgan fingerprint density at radius 1 is 1.14 bits per heavy atom.